The Balaban J connectivity index is 0.00000324. The number of benzene rings is 1. The number of thioether (sulfide) groups is 1. The molecule has 0 aliphatic heterocycles. The predicted molar refractivity (Wildman–Crippen MR) is 66.3 cm³/mol. The van der Waals surface area contributed by atoms with Crippen molar-refractivity contribution in [3.8, 4) is 5.75 Å². The third kappa shape index (κ3) is 6.67. The van der Waals surface area contributed by atoms with Gasteiger partial charge in [-0.15, -0.1) is 25.6 Å². The van der Waals surface area contributed by atoms with E-state index in [9.17, 15) is 18.0 Å². The Morgan fingerprint density at radius 2 is 2.11 bits per heavy atom. The molecule has 1 rings (SSSR count). The van der Waals surface area contributed by atoms with Crippen molar-refractivity contribution < 1.29 is 27.8 Å². The van der Waals surface area contributed by atoms with E-state index >= 15 is 0 Å². The SMILES string of the molecule is Cl.N[C@H](CO)C(=O)Sc1cccc(OC(F)(F)F)c1. The van der Waals surface area contributed by atoms with Crippen LogP contribution in [-0.4, -0.2) is 29.2 Å². The molecule has 0 unspecified atom stereocenters. The molecule has 0 aromatic heterocycles. The molecule has 19 heavy (non-hydrogen) atoms. The average Bonchev–Trinajstić information content (AvgIpc) is 2.26. The van der Waals surface area contributed by atoms with Gasteiger partial charge in [-0.3, -0.25) is 4.79 Å². The molecule has 3 N–H and O–H groups in total. The highest BCUT2D eigenvalue weighted by atomic mass is 35.5. The highest BCUT2D eigenvalue weighted by Gasteiger charge is 2.31. The lowest BCUT2D eigenvalue weighted by Crippen LogP contribution is -2.31. The summed E-state index contributed by atoms with van der Waals surface area (Å²) >= 11 is 0.645. The summed E-state index contributed by atoms with van der Waals surface area (Å²) in [6, 6.07) is 3.88. The molecule has 0 saturated heterocycles. The van der Waals surface area contributed by atoms with Crippen LogP contribution in [0.4, 0.5) is 13.2 Å². The van der Waals surface area contributed by atoms with Crippen LogP contribution < -0.4 is 10.5 Å². The van der Waals surface area contributed by atoms with Gasteiger partial charge in [0.25, 0.3) is 0 Å². The van der Waals surface area contributed by atoms with Crippen molar-refractivity contribution in [2.75, 3.05) is 6.61 Å². The first-order valence-corrected chi connectivity index (χ1v) is 5.57. The van der Waals surface area contributed by atoms with Crippen LogP contribution in [0.25, 0.3) is 0 Å². The van der Waals surface area contributed by atoms with E-state index in [1.807, 2.05) is 0 Å². The molecular weight excluding hydrogens is 307 g/mol. The van der Waals surface area contributed by atoms with Gasteiger partial charge in [-0.1, -0.05) is 17.8 Å². The molecule has 0 spiro atoms. The maximum Gasteiger partial charge on any atom is 0.573 e. The molecule has 4 nitrogen and oxygen atoms in total. The fourth-order valence-electron chi connectivity index (χ4n) is 1.00. The number of alkyl halides is 3. The van der Waals surface area contributed by atoms with Crippen LogP contribution in [0.5, 0.6) is 5.75 Å². The van der Waals surface area contributed by atoms with Gasteiger partial charge >= 0.3 is 6.36 Å². The number of hydrogen-bond acceptors (Lipinski definition) is 5. The highest BCUT2D eigenvalue weighted by Crippen LogP contribution is 2.28. The molecule has 0 aliphatic carbocycles. The van der Waals surface area contributed by atoms with Crippen molar-refractivity contribution in [1.82, 2.24) is 0 Å². The molecule has 1 aromatic rings. The van der Waals surface area contributed by atoms with Crippen molar-refractivity contribution in [2.24, 2.45) is 5.73 Å². The van der Waals surface area contributed by atoms with Gasteiger partial charge in [0, 0.05) is 4.90 Å². The maximum absolute atomic E-state index is 12.0. The lowest BCUT2D eigenvalue weighted by atomic mass is 10.3. The van der Waals surface area contributed by atoms with Crippen LogP contribution >= 0.6 is 24.2 Å². The minimum atomic E-state index is -4.78. The first-order valence-electron chi connectivity index (χ1n) is 4.76. The van der Waals surface area contributed by atoms with Crippen molar-refractivity contribution in [2.45, 2.75) is 17.3 Å². The van der Waals surface area contributed by atoms with Crippen LogP contribution in [0.2, 0.25) is 0 Å². The number of rotatable bonds is 4. The zero-order chi connectivity index (χ0) is 13.8. The number of carbonyl (C=O) groups is 1. The Morgan fingerprint density at radius 3 is 2.63 bits per heavy atom. The van der Waals surface area contributed by atoms with Crippen LogP contribution in [0.15, 0.2) is 29.2 Å². The first kappa shape index (κ1) is 18.0. The molecule has 0 bridgehead atoms. The van der Waals surface area contributed by atoms with Crippen molar-refractivity contribution in [3.05, 3.63) is 24.3 Å². The van der Waals surface area contributed by atoms with E-state index in [0.29, 0.717) is 11.8 Å². The molecule has 1 aromatic carbocycles. The minimum Gasteiger partial charge on any atom is -0.406 e. The van der Waals surface area contributed by atoms with Gasteiger partial charge in [-0.2, -0.15) is 0 Å². The van der Waals surface area contributed by atoms with Gasteiger partial charge in [-0.05, 0) is 18.2 Å². The van der Waals surface area contributed by atoms with E-state index in [4.69, 9.17) is 10.8 Å². The molecule has 0 radical (unpaired) electrons. The molecule has 0 heterocycles. The highest BCUT2D eigenvalue weighted by molar-refractivity contribution is 8.13. The summed E-state index contributed by atoms with van der Waals surface area (Å²) in [5.41, 5.74) is 5.27. The maximum atomic E-state index is 12.0. The molecule has 0 amide bonds. The lowest BCUT2D eigenvalue weighted by molar-refractivity contribution is -0.274. The zero-order valence-corrected chi connectivity index (χ0v) is 11.0. The van der Waals surface area contributed by atoms with Crippen molar-refractivity contribution in [1.29, 1.82) is 0 Å². The van der Waals surface area contributed by atoms with E-state index in [-0.39, 0.29) is 17.3 Å². The van der Waals surface area contributed by atoms with E-state index < -0.39 is 29.9 Å². The number of nitrogens with two attached hydrogens (primary N) is 1. The van der Waals surface area contributed by atoms with E-state index in [1.165, 1.54) is 12.1 Å². The van der Waals surface area contributed by atoms with Crippen LogP contribution in [0, 0.1) is 0 Å². The number of ether oxygens (including phenoxy) is 1. The Morgan fingerprint density at radius 1 is 1.47 bits per heavy atom. The smallest absolute Gasteiger partial charge is 0.406 e. The van der Waals surface area contributed by atoms with E-state index in [0.717, 1.165) is 12.1 Å². The van der Waals surface area contributed by atoms with Gasteiger partial charge in [0.2, 0.25) is 5.12 Å². The summed E-state index contributed by atoms with van der Waals surface area (Å²) in [5, 5.41) is 8.12. The Labute approximate surface area is 117 Å². The second-order valence-corrected chi connectivity index (χ2v) is 4.31. The quantitative estimate of drug-likeness (QED) is 0.830. The molecule has 0 saturated carbocycles. The standard InChI is InChI=1S/C10H10F3NO3S.ClH/c11-10(12,13)17-6-2-1-3-7(4-6)18-9(16)8(14)5-15;/h1-4,8,15H,5,14H2;1H/t8-;/m1./s1. The average molecular weight is 318 g/mol. The Kier molecular flexibility index (Phi) is 7.20. The Hall–Kier alpha value is -0.960. The molecule has 0 aliphatic rings. The topological polar surface area (TPSA) is 72.5 Å². The van der Waals surface area contributed by atoms with Gasteiger partial charge in [0.15, 0.2) is 0 Å². The van der Waals surface area contributed by atoms with Gasteiger partial charge in [-0.25, -0.2) is 0 Å². The summed E-state index contributed by atoms with van der Waals surface area (Å²) in [5.74, 6) is -0.419. The summed E-state index contributed by atoms with van der Waals surface area (Å²) in [7, 11) is 0. The molecule has 1 atom stereocenters. The van der Waals surface area contributed by atoms with E-state index in [2.05, 4.69) is 4.74 Å². The van der Waals surface area contributed by atoms with Gasteiger partial charge in [0.05, 0.1) is 12.6 Å². The van der Waals surface area contributed by atoms with Crippen molar-refractivity contribution in [3.63, 3.8) is 0 Å². The molecular formula is C10H11ClF3NO3S. The normalized spacial score (nSPS) is 12.5. The van der Waals surface area contributed by atoms with E-state index in [1.54, 1.807) is 0 Å². The third-order valence-electron chi connectivity index (χ3n) is 1.76. The fourth-order valence-corrected chi connectivity index (χ4v) is 1.78. The molecule has 108 valence electrons. The largest absolute Gasteiger partial charge is 0.573 e. The number of hydrogen-bond donors (Lipinski definition) is 2. The number of aliphatic hydroxyl groups excluding tert-OH is 1. The monoisotopic (exact) mass is 317 g/mol. The second-order valence-electron chi connectivity index (χ2n) is 3.23. The van der Waals surface area contributed by atoms with Gasteiger partial charge < -0.3 is 15.6 Å². The van der Waals surface area contributed by atoms with Crippen LogP contribution in [0.3, 0.4) is 0 Å². The predicted octanol–water partition coefficient (Wildman–Crippen LogP) is 1.95. The number of aliphatic hydroxyl groups is 1. The van der Waals surface area contributed by atoms with Gasteiger partial charge in [0.1, 0.15) is 5.75 Å². The third-order valence-corrected chi connectivity index (χ3v) is 2.75. The lowest BCUT2D eigenvalue weighted by Gasteiger charge is -2.10. The first-order chi connectivity index (χ1) is 8.31. The van der Waals surface area contributed by atoms with Crippen molar-refractivity contribution >= 4 is 29.3 Å². The second kappa shape index (κ2) is 7.59. The number of carbonyl (C=O) groups excluding carboxylic acids is 1. The minimum absolute atomic E-state index is 0. The summed E-state index contributed by atoms with van der Waals surface area (Å²) in [6.45, 7) is -0.523. The Bertz CT molecular complexity index is 431. The summed E-state index contributed by atoms with van der Waals surface area (Å²) < 4.78 is 39.6. The van der Waals surface area contributed by atoms with Crippen LogP contribution in [-0.2, 0) is 4.79 Å². The molecule has 0 fully saturated rings. The summed E-state index contributed by atoms with van der Waals surface area (Å²) in [6.07, 6.45) is -4.78. The molecule has 9 heteroatoms. The number of halogens is 4. The fraction of sp³-hybridized carbons (Fsp3) is 0.300. The van der Waals surface area contributed by atoms with Crippen LogP contribution in [0.1, 0.15) is 0 Å². The zero-order valence-electron chi connectivity index (χ0n) is 9.39. The summed E-state index contributed by atoms with van der Waals surface area (Å²) in [4.78, 5) is 11.6.